The lowest BCUT2D eigenvalue weighted by Crippen LogP contribution is -2.02. The van der Waals surface area contributed by atoms with Gasteiger partial charge in [-0.2, -0.15) is 5.26 Å². The van der Waals surface area contributed by atoms with Crippen LogP contribution in [-0.4, -0.2) is 19.0 Å². The minimum Gasteiger partial charge on any atom is -0.490 e. The van der Waals surface area contributed by atoms with Crippen LogP contribution in [0.25, 0.3) is 6.08 Å². The maximum absolute atomic E-state index is 12.5. The van der Waals surface area contributed by atoms with Gasteiger partial charge in [-0.05, 0) is 37.1 Å². The number of ketones is 1. The third kappa shape index (κ3) is 4.95. The van der Waals surface area contributed by atoms with Crippen LogP contribution in [-0.2, 0) is 0 Å². The van der Waals surface area contributed by atoms with Crippen molar-refractivity contribution in [1.82, 2.24) is 0 Å². The van der Waals surface area contributed by atoms with Gasteiger partial charge in [0, 0.05) is 5.56 Å². The molecule has 0 saturated heterocycles. The molecule has 0 saturated carbocycles. The van der Waals surface area contributed by atoms with Crippen LogP contribution in [0.3, 0.4) is 0 Å². The second kappa shape index (κ2) is 9.29. The zero-order valence-corrected chi connectivity index (χ0v) is 14.5. The first-order valence-electron chi connectivity index (χ1n) is 8.30. The van der Waals surface area contributed by atoms with Crippen LogP contribution >= 0.6 is 0 Å². The van der Waals surface area contributed by atoms with Crippen molar-refractivity contribution in [3.05, 3.63) is 65.2 Å². The summed E-state index contributed by atoms with van der Waals surface area (Å²) in [5.74, 6) is 0.968. The molecule has 4 nitrogen and oxygen atoms in total. The Bertz CT molecular complexity index is 789. The Hall–Kier alpha value is -3.06. The van der Waals surface area contributed by atoms with Crippen molar-refractivity contribution in [2.45, 2.75) is 20.3 Å². The van der Waals surface area contributed by atoms with E-state index >= 15 is 0 Å². The summed E-state index contributed by atoms with van der Waals surface area (Å²) >= 11 is 0. The van der Waals surface area contributed by atoms with E-state index in [-0.39, 0.29) is 11.4 Å². The van der Waals surface area contributed by atoms with Gasteiger partial charge in [-0.15, -0.1) is 0 Å². The maximum Gasteiger partial charge on any atom is 0.203 e. The average Bonchev–Trinajstić information content (AvgIpc) is 2.66. The Labute approximate surface area is 148 Å². The number of allylic oxidation sites excluding steroid dienone is 1. The van der Waals surface area contributed by atoms with E-state index < -0.39 is 0 Å². The lowest BCUT2D eigenvalue weighted by molar-refractivity contribution is 0.104. The van der Waals surface area contributed by atoms with Crippen molar-refractivity contribution in [1.29, 1.82) is 5.26 Å². The largest absolute Gasteiger partial charge is 0.490 e. The lowest BCUT2D eigenvalue weighted by Gasteiger charge is -2.12. The molecule has 0 aliphatic carbocycles. The maximum atomic E-state index is 12.5. The summed E-state index contributed by atoms with van der Waals surface area (Å²) in [7, 11) is 0. The second-order valence-electron chi connectivity index (χ2n) is 5.35. The smallest absolute Gasteiger partial charge is 0.203 e. The van der Waals surface area contributed by atoms with Gasteiger partial charge in [-0.25, -0.2) is 0 Å². The monoisotopic (exact) mass is 335 g/mol. The molecule has 0 amide bonds. The van der Waals surface area contributed by atoms with Crippen molar-refractivity contribution in [3.63, 3.8) is 0 Å². The minimum absolute atomic E-state index is 0.0795. The molecule has 0 aliphatic rings. The summed E-state index contributed by atoms with van der Waals surface area (Å²) in [6.07, 6.45) is 2.47. The number of nitriles is 1. The molecule has 0 spiro atoms. The molecule has 0 radical (unpaired) electrons. The SMILES string of the molecule is CCCOc1ccc(/C=C(\C#N)C(=O)c2ccccc2)cc1OCC. The molecule has 25 heavy (non-hydrogen) atoms. The van der Waals surface area contributed by atoms with Crippen molar-refractivity contribution < 1.29 is 14.3 Å². The molecule has 0 aromatic heterocycles. The van der Waals surface area contributed by atoms with Crippen LogP contribution in [0.5, 0.6) is 11.5 Å². The fourth-order valence-electron chi connectivity index (χ4n) is 2.27. The van der Waals surface area contributed by atoms with E-state index in [2.05, 4.69) is 0 Å². The Kier molecular flexibility index (Phi) is 6.79. The highest BCUT2D eigenvalue weighted by molar-refractivity contribution is 6.14. The van der Waals surface area contributed by atoms with Gasteiger partial charge in [0.2, 0.25) is 5.78 Å². The van der Waals surface area contributed by atoms with E-state index in [0.717, 1.165) is 6.42 Å². The first kappa shape index (κ1) is 18.3. The average molecular weight is 335 g/mol. The summed E-state index contributed by atoms with van der Waals surface area (Å²) in [5, 5.41) is 9.37. The number of nitrogens with zero attached hydrogens (tertiary/aromatic N) is 1. The Morgan fingerprint density at radius 2 is 1.84 bits per heavy atom. The highest BCUT2D eigenvalue weighted by Gasteiger charge is 2.12. The summed E-state index contributed by atoms with van der Waals surface area (Å²) in [5.41, 5.74) is 1.28. The fourth-order valence-corrected chi connectivity index (χ4v) is 2.27. The number of hydrogen-bond donors (Lipinski definition) is 0. The van der Waals surface area contributed by atoms with E-state index in [1.165, 1.54) is 0 Å². The normalized spacial score (nSPS) is 10.8. The van der Waals surface area contributed by atoms with E-state index in [0.29, 0.717) is 35.8 Å². The predicted molar refractivity (Wildman–Crippen MR) is 97.8 cm³/mol. The van der Waals surface area contributed by atoms with E-state index in [4.69, 9.17) is 9.47 Å². The molecule has 0 heterocycles. The van der Waals surface area contributed by atoms with Crippen LogP contribution in [0, 0.1) is 11.3 Å². The zero-order chi connectivity index (χ0) is 18.1. The third-order valence-corrected chi connectivity index (χ3v) is 3.44. The zero-order valence-electron chi connectivity index (χ0n) is 14.5. The quantitative estimate of drug-likeness (QED) is 0.400. The first-order valence-corrected chi connectivity index (χ1v) is 8.30. The van der Waals surface area contributed by atoms with Gasteiger partial charge in [-0.3, -0.25) is 4.79 Å². The standard InChI is InChI=1S/C21H21NO3/c1-3-12-25-19-11-10-16(14-20(19)24-4-2)13-18(15-22)21(23)17-8-6-5-7-9-17/h5-11,13-14H,3-4,12H2,1-2H3/b18-13+. The summed E-state index contributed by atoms with van der Waals surface area (Å²) in [6, 6.07) is 16.1. The number of benzene rings is 2. The van der Waals surface area contributed by atoms with Gasteiger partial charge in [0.25, 0.3) is 0 Å². The Balaban J connectivity index is 2.32. The van der Waals surface area contributed by atoms with E-state index in [1.54, 1.807) is 42.5 Å². The van der Waals surface area contributed by atoms with Crippen LogP contribution in [0.2, 0.25) is 0 Å². The topological polar surface area (TPSA) is 59.3 Å². The lowest BCUT2D eigenvalue weighted by atomic mass is 10.0. The Morgan fingerprint density at radius 1 is 1.08 bits per heavy atom. The first-order chi connectivity index (χ1) is 12.2. The van der Waals surface area contributed by atoms with Gasteiger partial charge < -0.3 is 9.47 Å². The van der Waals surface area contributed by atoms with Gasteiger partial charge in [-0.1, -0.05) is 43.3 Å². The summed E-state index contributed by atoms with van der Waals surface area (Å²) in [6.45, 7) is 5.03. The highest BCUT2D eigenvalue weighted by atomic mass is 16.5. The molecule has 2 aromatic rings. The van der Waals surface area contributed by atoms with Gasteiger partial charge >= 0.3 is 0 Å². The Morgan fingerprint density at radius 3 is 2.48 bits per heavy atom. The molecule has 0 fully saturated rings. The molecule has 0 atom stereocenters. The van der Waals surface area contributed by atoms with E-state index in [1.807, 2.05) is 32.0 Å². The van der Waals surface area contributed by atoms with Crippen LogP contribution < -0.4 is 9.47 Å². The van der Waals surface area contributed by atoms with Gasteiger partial charge in [0.1, 0.15) is 11.6 Å². The molecular weight excluding hydrogens is 314 g/mol. The highest BCUT2D eigenvalue weighted by Crippen LogP contribution is 2.29. The molecule has 0 N–H and O–H groups in total. The van der Waals surface area contributed by atoms with E-state index in [9.17, 15) is 10.1 Å². The van der Waals surface area contributed by atoms with Crippen molar-refractivity contribution >= 4 is 11.9 Å². The summed E-state index contributed by atoms with van der Waals surface area (Å²) in [4.78, 5) is 12.5. The van der Waals surface area contributed by atoms with Crippen molar-refractivity contribution in [2.75, 3.05) is 13.2 Å². The molecule has 0 aliphatic heterocycles. The number of ether oxygens (including phenoxy) is 2. The number of hydrogen-bond acceptors (Lipinski definition) is 4. The van der Waals surface area contributed by atoms with Crippen molar-refractivity contribution in [3.8, 4) is 17.6 Å². The molecular formula is C21H21NO3. The number of carbonyl (C=O) groups is 1. The number of carbonyl (C=O) groups excluding carboxylic acids is 1. The molecule has 0 bridgehead atoms. The number of rotatable bonds is 8. The van der Waals surface area contributed by atoms with Crippen LogP contribution in [0.15, 0.2) is 54.1 Å². The molecule has 128 valence electrons. The van der Waals surface area contributed by atoms with Crippen LogP contribution in [0.4, 0.5) is 0 Å². The molecule has 2 aromatic carbocycles. The molecule has 0 unspecified atom stereocenters. The fraction of sp³-hybridized carbons (Fsp3) is 0.238. The van der Waals surface area contributed by atoms with Gasteiger partial charge in [0.15, 0.2) is 11.5 Å². The predicted octanol–water partition coefficient (Wildman–Crippen LogP) is 4.66. The third-order valence-electron chi connectivity index (χ3n) is 3.44. The van der Waals surface area contributed by atoms with Gasteiger partial charge in [0.05, 0.1) is 13.2 Å². The second-order valence-corrected chi connectivity index (χ2v) is 5.35. The minimum atomic E-state index is -0.299. The molecule has 2 rings (SSSR count). The van der Waals surface area contributed by atoms with Crippen LogP contribution in [0.1, 0.15) is 36.2 Å². The molecule has 4 heteroatoms. The van der Waals surface area contributed by atoms with Crippen molar-refractivity contribution in [2.24, 2.45) is 0 Å². The summed E-state index contributed by atoms with van der Waals surface area (Å²) < 4.78 is 11.3. The number of Topliss-reactive ketones (excluding diaryl/α,β-unsaturated/α-hetero) is 1.